The summed E-state index contributed by atoms with van der Waals surface area (Å²) in [5.41, 5.74) is 4.06. The van der Waals surface area contributed by atoms with Crippen molar-refractivity contribution in [3.8, 4) is 0 Å². The van der Waals surface area contributed by atoms with Crippen LogP contribution < -0.4 is 0 Å². The van der Waals surface area contributed by atoms with Crippen LogP contribution in [0.3, 0.4) is 0 Å². The number of nitrogens with one attached hydrogen (secondary N) is 1. The summed E-state index contributed by atoms with van der Waals surface area (Å²) in [6.07, 6.45) is 0. The van der Waals surface area contributed by atoms with Gasteiger partial charge in [-0.05, 0) is 31.9 Å². The summed E-state index contributed by atoms with van der Waals surface area (Å²) in [5.74, 6) is 0.115. The van der Waals surface area contributed by atoms with Gasteiger partial charge < -0.3 is 4.98 Å². The van der Waals surface area contributed by atoms with Gasteiger partial charge in [-0.3, -0.25) is 4.79 Å². The summed E-state index contributed by atoms with van der Waals surface area (Å²) >= 11 is 3.15. The number of aromatic amines is 1. The molecule has 3 heteroatoms. The van der Waals surface area contributed by atoms with Crippen molar-refractivity contribution in [2.24, 2.45) is 0 Å². The Morgan fingerprint density at radius 1 is 1.33 bits per heavy atom. The van der Waals surface area contributed by atoms with Crippen LogP contribution >= 0.6 is 15.9 Å². The van der Waals surface area contributed by atoms with Crippen LogP contribution in [0.25, 0.3) is 0 Å². The normalized spacial score (nSPS) is 10.3. The number of hydrogen-bond donors (Lipinski definition) is 1. The van der Waals surface area contributed by atoms with E-state index < -0.39 is 0 Å². The van der Waals surface area contributed by atoms with Gasteiger partial charge in [-0.25, -0.2) is 0 Å². The fourth-order valence-corrected chi connectivity index (χ4v) is 1.47. The highest BCUT2D eigenvalue weighted by Gasteiger charge is 2.12. The Morgan fingerprint density at radius 3 is 2.25 bits per heavy atom. The standard InChI is InChI=1S/C9H12BrNO/c1-5-6(2)9(8(12)4-10)11-7(5)3/h11H,4H2,1-3H3. The summed E-state index contributed by atoms with van der Waals surface area (Å²) in [4.78, 5) is 14.4. The predicted molar refractivity (Wildman–Crippen MR) is 53.1 cm³/mol. The molecule has 0 bridgehead atoms. The Bertz CT molecular complexity index is 315. The third kappa shape index (κ3) is 1.46. The molecule has 0 fully saturated rings. The number of ketones is 1. The van der Waals surface area contributed by atoms with Gasteiger partial charge in [0.1, 0.15) is 0 Å². The molecule has 0 saturated heterocycles. The van der Waals surface area contributed by atoms with E-state index in [1.54, 1.807) is 0 Å². The molecule has 0 unspecified atom stereocenters. The third-order valence-electron chi connectivity index (χ3n) is 2.21. The van der Waals surface area contributed by atoms with E-state index in [1.165, 1.54) is 5.56 Å². The number of alkyl halides is 1. The average Bonchev–Trinajstić information content (AvgIpc) is 2.32. The van der Waals surface area contributed by atoms with Crippen LogP contribution in [-0.4, -0.2) is 16.1 Å². The highest BCUT2D eigenvalue weighted by molar-refractivity contribution is 9.09. The Labute approximate surface area is 80.5 Å². The minimum absolute atomic E-state index is 0.115. The number of H-pyrrole nitrogens is 1. The molecular formula is C9H12BrNO. The molecule has 2 nitrogen and oxygen atoms in total. The van der Waals surface area contributed by atoms with Gasteiger partial charge in [0.25, 0.3) is 0 Å². The van der Waals surface area contributed by atoms with Gasteiger partial charge in [0, 0.05) is 5.69 Å². The molecule has 0 aliphatic carbocycles. The summed E-state index contributed by atoms with van der Waals surface area (Å²) in [6, 6.07) is 0. The van der Waals surface area contributed by atoms with Gasteiger partial charge in [0.05, 0.1) is 11.0 Å². The highest BCUT2D eigenvalue weighted by atomic mass is 79.9. The van der Waals surface area contributed by atoms with Gasteiger partial charge in [-0.2, -0.15) is 0 Å². The molecule has 0 spiro atoms. The van der Waals surface area contributed by atoms with Crippen molar-refractivity contribution in [3.05, 3.63) is 22.5 Å². The van der Waals surface area contributed by atoms with E-state index in [9.17, 15) is 4.79 Å². The number of aromatic nitrogens is 1. The second-order valence-corrected chi connectivity index (χ2v) is 3.49. The van der Waals surface area contributed by atoms with Gasteiger partial charge in [-0.1, -0.05) is 15.9 Å². The summed E-state index contributed by atoms with van der Waals surface area (Å²) in [5, 5.41) is 0.382. The molecule has 0 radical (unpaired) electrons. The molecule has 1 heterocycles. The molecule has 0 amide bonds. The lowest BCUT2D eigenvalue weighted by atomic mass is 10.1. The van der Waals surface area contributed by atoms with Crippen LogP contribution in [0.15, 0.2) is 0 Å². The maximum atomic E-state index is 11.3. The van der Waals surface area contributed by atoms with Crippen molar-refractivity contribution in [2.75, 3.05) is 5.33 Å². The van der Waals surface area contributed by atoms with Crippen molar-refractivity contribution in [1.29, 1.82) is 0 Å². The smallest absolute Gasteiger partial charge is 0.189 e. The Balaban J connectivity index is 3.17. The van der Waals surface area contributed by atoms with E-state index in [2.05, 4.69) is 20.9 Å². The minimum atomic E-state index is 0.115. The summed E-state index contributed by atoms with van der Waals surface area (Å²) in [6.45, 7) is 5.97. The predicted octanol–water partition coefficient (Wildman–Crippen LogP) is 2.52. The molecule has 0 aromatic carbocycles. The molecule has 0 atom stereocenters. The summed E-state index contributed by atoms with van der Waals surface area (Å²) < 4.78 is 0. The fraction of sp³-hybridized carbons (Fsp3) is 0.444. The summed E-state index contributed by atoms with van der Waals surface area (Å²) in [7, 11) is 0. The van der Waals surface area contributed by atoms with Crippen molar-refractivity contribution >= 4 is 21.7 Å². The molecule has 1 aromatic heterocycles. The van der Waals surface area contributed by atoms with Crippen LogP contribution in [0.4, 0.5) is 0 Å². The van der Waals surface area contributed by atoms with E-state index in [-0.39, 0.29) is 5.78 Å². The molecule has 12 heavy (non-hydrogen) atoms. The van der Waals surface area contributed by atoms with Gasteiger partial charge in [-0.15, -0.1) is 0 Å². The van der Waals surface area contributed by atoms with E-state index in [1.807, 2.05) is 20.8 Å². The number of aryl methyl sites for hydroxylation is 1. The first-order valence-corrected chi connectivity index (χ1v) is 4.95. The first-order valence-electron chi connectivity index (χ1n) is 3.82. The zero-order chi connectivity index (χ0) is 9.30. The van der Waals surface area contributed by atoms with Crippen LogP contribution in [0, 0.1) is 20.8 Å². The van der Waals surface area contributed by atoms with E-state index in [4.69, 9.17) is 0 Å². The zero-order valence-corrected chi connectivity index (χ0v) is 9.08. The van der Waals surface area contributed by atoms with Crippen molar-refractivity contribution in [3.63, 3.8) is 0 Å². The largest absolute Gasteiger partial charge is 0.356 e. The van der Waals surface area contributed by atoms with Gasteiger partial charge >= 0.3 is 0 Å². The number of hydrogen-bond acceptors (Lipinski definition) is 1. The van der Waals surface area contributed by atoms with Crippen LogP contribution in [0.1, 0.15) is 27.3 Å². The van der Waals surface area contributed by atoms with Gasteiger partial charge in [0.15, 0.2) is 5.78 Å². The van der Waals surface area contributed by atoms with Crippen molar-refractivity contribution in [1.82, 2.24) is 4.98 Å². The van der Waals surface area contributed by atoms with E-state index in [0.29, 0.717) is 5.33 Å². The number of carbonyl (C=O) groups excluding carboxylic acids is 1. The lowest BCUT2D eigenvalue weighted by Gasteiger charge is -1.94. The van der Waals surface area contributed by atoms with Crippen molar-refractivity contribution in [2.45, 2.75) is 20.8 Å². The average molecular weight is 230 g/mol. The molecular weight excluding hydrogens is 218 g/mol. The number of rotatable bonds is 2. The quantitative estimate of drug-likeness (QED) is 0.614. The number of carbonyl (C=O) groups is 1. The molecule has 0 aliphatic rings. The van der Waals surface area contributed by atoms with E-state index >= 15 is 0 Å². The Morgan fingerprint density at radius 2 is 1.92 bits per heavy atom. The third-order valence-corrected chi connectivity index (χ3v) is 2.72. The maximum Gasteiger partial charge on any atom is 0.189 e. The first kappa shape index (κ1) is 9.52. The lowest BCUT2D eigenvalue weighted by molar-refractivity contribution is 0.101. The maximum absolute atomic E-state index is 11.3. The number of Topliss-reactive ketones (excluding diaryl/α,β-unsaturated/α-hetero) is 1. The van der Waals surface area contributed by atoms with E-state index in [0.717, 1.165) is 17.0 Å². The molecule has 1 N–H and O–H groups in total. The lowest BCUT2D eigenvalue weighted by Crippen LogP contribution is -2.02. The van der Waals surface area contributed by atoms with Crippen molar-refractivity contribution < 1.29 is 4.79 Å². The highest BCUT2D eigenvalue weighted by Crippen LogP contribution is 2.17. The first-order chi connectivity index (χ1) is 5.57. The second kappa shape index (κ2) is 3.44. The fourth-order valence-electron chi connectivity index (χ4n) is 1.19. The van der Waals surface area contributed by atoms with Crippen LogP contribution in [0.2, 0.25) is 0 Å². The molecule has 1 aromatic rings. The topological polar surface area (TPSA) is 32.9 Å². The monoisotopic (exact) mass is 229 g/mol. The number of halogens is 1. The van der Waals surface area contributed by atoms with Crippen LogP contribution in [-0.2, 0) is 0 Å². The van der Waals surface area contributed by atoms with Crippen LogP contribution in [0.5, 0.6) is 0 Å². The Kier molecular flexibility index (Phi) is 2.73. The molecule has 66 valence electrons. The molecule has 0 saturated carbocycles. The van der Waals surface area contributed by atoms with Gasteiger partial charge in [0.2, 0.25) is 0 Å². The second-order valence-electron chi connectivity index (χ2n) is 2.93. The zero-order valence-electron chi connectivity index (χ0n) is 7.49. The SMILES string of the molecule is Cc1[nH]c(C(=O)CBr)c(C)c1C. The molecule has 1 rings (SSSR count). The molecule has 0 aliphatic heterocycles. The Hall–Kier alpha value is -0.570. The minimum Gasteiger partial charge on any atom is -0.356 e.